The molecule has 0 bridgehead atoms. The van der Waals surface area contributed by atoms with E-state index in [9.17, 15) is 4.39 Å². The van der Waals surface area contributed by atoms with E-state index in [-0.39, 0.29) is 12.4 Å². The summed E-state index contributed by atoms with van der Waals surface area (Å²) in [6, 6.07) is 5.07. The van der Waals surface area contributed by atoms with Crippen molar-refractivity contribution in [3.63, 3.8) is 0 Å². The molecule has 0 aromatic heterocycles. The predicted octanol–water partition coefficient (Wildman–Crippen LogP) is 3.35. The molecule has 0 aliphatic heterocycles. The number of rotatable bonds is 3. The maximum atomic E-state index is 13.8. The summed E-state index contributed by atoms with van der Waals surface area (Å²) >= 11 is 1.86. The topological polar surface area (TPSA) is 20.2 Å². The zero-order valence-corrected chi connectivity index (χ0v) is 11.1. The first-order valence-electron chi connectivity index (χ1n) is 6.29. The Hall–Kier alpha value is -0.980. The van der Waals surface area contributed by atoms with E-state index < -0.39 is 0 Å². The molecule has 0 unspecified atom stereocenters. The van der Waals surface area contributed by atoms with Gasteiger partial charge in [-0.25, -0.2) is 4.39 Å². The molecule has 0 saturated heterocycles. The van der Waals surface area contributed by atoms with Gasteiger partial charge in [0.1, 0.15) is 12.4 Å². The first kappa shape index (κ1) is 13.5. The Morgan fingerprint density at radius 1 is 1.33 bits per heavy atom. The number of benzene rings is 1. The monoisotopic (exact) mass is 264 g/mol. The lowest BCUT2D eigenvalue weighted by Crippen LogP contribution is -1.97. The predicted molar refractivity (Wildman–Crippen MR) is 73.9 cm³/mol. The molecule has 0 spiro atoms. The molecule has 1 aliphatic rings. The SMILES string of the molecule is OCC#Cc1ccc(CSC2CCCC2)c(F)c1. The second kappa shape index (κ2) is 6.82. The third-order valence-electron chi connectivity index (χ3n) is 3.14. The normalized spacial score (nSPS) is 15.4. The smallest absolute Gasteiger partial charge is 0.128 e. The summed E-state index contributed by atoms with van der Waals surface area (Å²) in [5.74, 6) is 5.79. The molecule has 1 saturated carbocycles. The summed E-state index contributed by atoms with van der Waals surface area (Å²) in [6.45, 7) is -0.194. The Kier molecular flexibility index (Phi) is 5.10. The van der Waals surface area contributed by atoms with Gasteiger partial charge in [0.05, 0.1) is 0 Å². The van der Waals surface area contributed by atoms with Gasteiger partial charge in [0.25, 0.3) is 0 Å². The van der Waals surface area contributed by atoms with Crippen molar-refractivity contribution in [2.75, 3.05) is 6.61 Å². The molecule has 1 nitrogen and oxygen atoms in total. The molecule has 1 aromatic carbocycles. The minimum atomic E-state index is -0.194. The molecule has 0 radical (unpaired) electrons. The van der Waals surface area contributed by atoms with Crippen LogP contribution in [-0.4, -0.2) is 17.0 Å². The van der Waals surface area contributed by atoms with Crippen LogP contribution in [0.4, 0.5) is 4.39 Å². The highest BCUT2D eigenvalue weighted by Gasteiger charge is 2.15. The molecular formula is C15H17FOS. The quantitative estimate of drug-likeness (QED) is 0.845. The van der Waals surface area contributed by atoms with Crippen LogP contribution in [0.5, 0.6) is 0 Å². The molecule has 1 fully saturated rings. The second-order valence-electron chi connectivity index (χ2n) is 4.48. The first-order chi connectivity index (χ1) is 8.79. The number of thioether (sulfide) groups is 1. The fraction of sp³-hybridized carbons (Fsp3) is 0.467. The van der Waals surface area contributed by atoms with Gasteiger partial charge in [0.15, 0.2) is 0 Å². The molecular weight excluding hydrogens is 247 g/mol. The zero-order valence-electron chi connectivity index (χ0n) is 10.3. The van der Waals surface area contributed by atoms with Crippen molar-refractivity contribution in [3.8, 4) is 11.8 Å². The van der Waals surface area contributed by atoms with Gasteiger partial charge < -0.3 is 5.11 Å². The Labute approximate surface area is 112 Å². The van der Waals surface area contributed by atoms with E-state index in [1.54, 1.807) is 6.07 Å². The molecule has 0 atom stereocenters. The van der Waals surface area contributed by atoms with E-state index in [0.29, 0.717) is 10.8 Å². The van der Waals surface area contributed by atoms with Gasteiger partial charge in [-0.1, -0.05) is 30.7 Å². The molecule has 3 heteroatoms. The summed E-state index contributed by atoms with van der Waals surface area (Å²) in [5.41, 5.74) is 1.37. The van der Waals surface area contributed by atoms with Crippen molar-refractivity contribution < 1.29 is 9.50 Å². The minimum absolute atomic E-state index is 0.190. The molecule has 1 N–H and O–H groups in total. The van der Waals surface area contributed by atoms with Gasteiger partial charge in [-0.15, -0.1) is 0 Å². The molecule has 18 heavy (non-hydrogen) atoms. The van der Waals surface area contributed by atoms with Crippen molar-refractivity contribution >= 4 is 11.8 Å². The van der Waals surface area contributed by atoms with Gasteiger partial charge in [0.2, 0.25) is 0 Å². The molecule has 0 heterocycles. The maximum Gasteiger partial charge on any atom is 0.128 e. The van der Waals surface area contributed by atoms with Crippen LogP contribution < -0.4 is 0 Å². The zero-order chi connectivity index (χ0) is 12.8. The van der Waals surface area contributed by atoms with E-state index in [2.05, 4.69) is 11.8 Å². The van der Waals surface area contributed by atoms with Crippen LogP contribution in [0.1, 0.15) is 36.8 Å². The van der Waals surface area contributed by atoms with Gasteiger partial charge >= 0.3 is 0 Å². The molecule has 2 rings (SSSR count). The fourth-order valence-corrected chi connectivity index (χ4v) is 3.46. The number of aliphatic hydroxyl groups excluding tert-OH is 1. The highest BCUT2D eigenvalue weighted by Crippen LogP contribution is 2.32. The van der Waals surface area contributed by atoms with Crippen LogP contribution in [0.2, 0.25) is 0 Å². The Balaban J connectivity index is 1.96. The highest BCUT2D eigenvalue weighted by molar-refractivity contribution is 7.99. The van der Waals surface area contributed by atoms with Crippen LogP contribution in [0, 0.1) is 17.7 Å². The van der Waals surface area contributed by atoms with Crippen LogP contribution in [0.25, 0.3) is 0 Å². The Morgan fingerprint density at radius 2 is 2.11 bits per heavy atom. The number of hydrogen-bond donors (Lipinski definition) is 1. The number of halogens is 1. The van der Waals surface area contributed by atoms with Gasteiger partial charge in [-0.2, -0.15) is 11.8 Å². The average Bonchev–Trinajstić information content (AvgIpc) is 2.88. The number of hydrogen-bond acceptors (Lipinski definition) is 2. The van der Waals surface area contributed by atoms with Crippen LogP contribution in [0.3, 0.4) is 0 Å². The van der Waals surface area contributed by atoms with Crippen molar-refractivity contribution in [3.05, 3.63) is 35.1 Å². The lowest BCUT2D eigenvalue weighted by Gasteiger charge is -2.09. The van der Waals surface area contributed by atoms with Gasteiger partial charge in [0, 0.05) is 16.6 Å². The Bertz CT molecular complexity index is 455. The van der Waals surface area contributed by atoms with Gasteiger partial charge in [-0.3, -0.25) is 0 Å². The first-order valence-corrected chi connectivity index (χ1v) is 7.34. The molecule has 1 aromatic rings. The lowest BCUT2D eigenvalue weighted by atomic mass is 10.1. The van der Waals surface area contributed by atoms with Gasteiger partial charge in [-0.05, 0) is 30.5 Å². The third kappa shape index (κ3) is 3.76. The summed E-state index contributed by atoms with van der Waals surface area (Å²) < 4.78 is 13.8. The summed E-state index contributed by atoms with van der Waals surface area (Å²) in [4.78, 5) is 0. The minimum Gasteiger partial charge on any atom is -0.384 e. The molecule has 0 amide bonds. The van der Waals surface area contributed by atoms with Crippen molar-refractivity contribution in [1.29, 1.82) is 0 Å². The van der Waals surface area contributed by atoms with E-state index in [0.717, 1.165) is 11.3 Å². The third-order valence-corrected chi connectivity index (χ3v) is 4.56. The molecule has 1 aliphatic carbocycles. The van der Waals surface area contributed by atoms with E-state index >= 15 is 0 Å². The summed E-state index contributed by atoms with van der Waals surface area (Å²) in [5, 5.41) is 9.29. The standard InChI is InChI=1S/C15H17FOS/c16-15-10-12(4-3-9-17)7-8-13(15)11-18-14-5-1-2-6-14/h7-8,10,14,17H,1-2,5-6,9,11H2. The van der Waals surface area contributed by atoms with Crippen LogP contribution in [-0.2, 0) is 5.75 Å². The average molecular weight is 264 g/mol. The summed E-state index contributed by atoms with van der Waals surface area (Å²) in [7, 11) is 0. The van der Waals surface area contributed by atoms with Crippen molar-refractivity contribution in [1.82, 2.24) is 0 Å². The fourth-order valence-electron chi connectivity index (χ4n) is 2.15. The lowest BCUT2D eigenvalue weighted by molar-refractivity contribution is 0.350. The Morgan fingerprint density at radius 3 is 2.78 bits per heavy atom. The summed E-state index contributed by atoms with van der Waals surface area (Å²) in [6.07, 6.45) is 5.17. The second-order valence-corrected chi connectivity index (χ2v) is 5.77. The molecule has 96 valence electrons. The van der Waals surface area contributed by atoms with Crippen LogP contribution in [0.15, 0.2) is 18.2 Å². The highest BCUT2D eigenvalue weighted by atomic mass is 32.2. The maximum absolute atomic E-state index is 13.8. The largest absolute Gasteiger partial charge is 0.384 e. The van der Waals surface area contributed by atoms with Crippen molar-refractivity contribution in [2.24, 2.45) is 0 Å². The number of aliphatic hydroxyl groups is 1. The van der Waals surface area contributed by atoms with E-state index in [4.69, 9.17) is 5.11 Å². The van der Waals surface area contributed by atoms with Crippen molar-refractivity contribution in [2.45, 2.75) is 36.7 Å². The van der Waals surface area contributed by atoms with E-state index in [1.165, 1.54) is 31.7 Å². The van der Waals surface area contributed by atoms with Crippen LogP contribution >= 0.6 is 11.8 Å². The van der Waals surface area contributed by atoms with E-state index in [1.807, 2.05) is 17.8 Å².